The first-order chi connectivity index (χ1) is 4.66. The van der Waals surface area contributed by atoms with Gasteiger partial charge in [0.25, 0.3) is 0 Å². The monoisotopic (exact) mass is 142 g/mol. The van der Waals surface area contributed by atoms with Gasteiger partial charge in [0.15, 0.2) is 5.78 Å². The van der Waals surface area contributed by atoms with Gasteiger partial charge in [0.2, 0.25) is 0 Å². The summed E-state index contributed by atoms with van der Waals surface area (Å²) < 4.78 is 5.15. The lowest BCUT2D eigenvalue weighted by atomic mass is 10.3. The predicted molar refractivity (Wildman–Crippen MR) is 40.9 cm³/mol. The number of ether oxygens (including phenoxy) is 1. The number of ketones is 1. The van der Waals surface area contributed by atoms with Crippen molar-refractivity contribution >= 4 is 5.78 Å². The van der Waals surface area contributed by atoms with Crippen LogP contribution in [0, 0.1) is 0 Å². The molecule has 0 radical (unpaired) electrons. The number of carbonyl (C=O) groups excluding carboxylic acids is 1. The molecule has 0 aliphatic carbocycles. The Morgan fingerprint density at radius 2 is 2.30 bits per heavy atom. The van der Waals surface area contributed by atoms with Gasteiger partial charge in [-0.2, -0.15) is 0 Å². The second-order valence-corrected chi connectivity index (χ2v) is 2.13. The van der Waals surface area contributed by atoms with Gasteiger partial charge >= 0.3 is 0 Å². The minimum Gasteiger partial charge on any atom is -0.375 e. The second-order valence-electron chi connectivity index (χ2n) is 2.13. The summed E-state index contributed by atoms with van der Waals surface area (Å²) in [5.41, 5.74) is 0. The maximum absolute atomic E-state index is 10.4. The zero-order valence-corrected chi connectivity index (χ0v) is 6.76. The lowest BCUT2D eigenvalue weighted by molar-refractivity contribution is -0.112. The van der Waals surface area contributed by atoms with Gasteiger partial charge in [-0.15, -0.1) is 0 Å². The van der Waals surface area contributed by atoms with Crippen molar-refractivity contribution in [3.05, 3.63) is 12.2 Å². The zero-order valence-electron chi connectivity index (χ0n) is 6.76. The number of allylic oxidation sites excluding steroid dienone is 1. The predicted octanol–water partition coefficient (Wildman–Crippen LogP) is 1.56. The topological polar surface area (TPSA) is 26.3 Å². The van der Waals surface area contributed by atoms with Crippen molar-refractivity contribution in [1.82, 2.24) is 0 Å². The molecule has 0 aromatic carbocycles. The van der Waals surface area contributed by atoms with Crippen LogP contribution < -0.4 is 0 Å². The Labute approximate surface area is 61.9 Å². The molecule has 0 spiro atoms. The summed E-state index contributed by atoms with van der Waals surface area (Å²) >= 11 is 0. The van der Waals surface area contributed by atoms with Crippen LogP contribution in [0.3, 0.4) is 0 Å². The van der Waals surface area contributed by atoms with Gasteiger partial charge < -0.3 is 4.74 Å². The van der Waals surface area contributed by atoms with E-state index in [4.69, 9.17) is 4.74 Å². The molecular weight excluding hydrogens is 128 g/mol. The molecule has 0 N–H and O–H groups in total. The summed E-state index contributed by atoms with van der Waals surface area (Å²) in [4.78, 5) is 10.4. The summed E-state index contributed by atoms with van der Waals surface area (Å²) in [5.74, 6) is 0.0616. The van der Waals surface area contributed by atoms with Crippen LogP contribution in [0.2, 0.25) is 0 Å². The molecule has 0 aromatic rings. The van der Waals surface area contributed by atoms with E-state index in [1.54, 1.807) is 6.08 Å². The summed E-state index contributed by atoms with van der Waals surface area (Å²) in [6.45, 7) is 6.04. The van der Waals surface area contributed by atoms with Crippen LogP contribution in [0.25, 0.3) is 0 Å². The van der Waals surface area contributed by atoms with Gasteiger partial charge in [0.05, 0.1) is 6.10 Å². The highest BCUT2D eigenvalue weighted by atomic mass is 16.5. The molecule has 1 unspecified atom stereocenters. The number of carbonyl (C=O) groups is 1. The van der Waals surface area contributed by atoms with Crippen LogP contribution in [0.15, 0.2) is 12.2 Å². The van der Waals surface area contributed by atoms with Gasteiger partial charge in [-0.3, -0.25) is 4.79 Å². The molecular formula is C8H14O2. The van der Waals surface area contributed by atoms with E-state index in [0.717, 1.165) is 0 Å². The first-order valence-corrected chi connectivity index (χ1v) is 3.47. The molecule has 0 amide bonds. The molecule has 0 saturated carbocycles. The van der Waals surface area contributed by atoms with E-state index in [1.165, 1.54) is 13.0 Å². The molecule has 10 heavy (non-hydrogen) atoms. The summed E-state index contributed by atoms with van der Waals surface area (Å²) in [5, 5.41) is 0. The molecule has 0 rings (SSSR count). The average molecular weight is 142 g/mol. The Morgan fingerprint density at radius 1 is 1.70 bits per heavy atom. The highest BCUT2D eigenvalue weighted by Gasteiger charge is 1.92. The molecule has 2 nitrogen and oxygen atoms in total. The Kier molecular flexibility index (Phi) is 4.85. The maximum Gasteiger partial charge on any atom is 0.152 e. The first-order valence-electron chi connectivity index (χ1n) is 3.47. The van der Waals surface area contributed by atoms with E-state index < -0.39 is 0 Å². The largest absolute Gasteiger partial charge is 0.375 e. The molecule has 0 fully saturated rings. The van der Waals surface area contributed by atoms with Gasteiger partial charge in [-0.25, -0.2) is 0 Å². The van der Waals surface area contributed by atoms with Gasteiger partial charge in [-0.1, -0.05) is 6.08 Å². The maximum atomic E-state index is 10.4. The number of rotatable bonds is 4. The van der Waals surface area contributed by atoms with Crippen LogP contribution in [0.1, 0.15) is 20.8 Å². The lowest BCUT2D eigenvalue weighted by Gasteiger charge is -2.03. The minimum atomic E-state index is 0.0499. The van der Waals surface area contributed by atoms with Crippen molar-refractivity contribution in [2.45, 2.75) is 26.9 Å². The molecule has 0 bridgehead atoms. The van der Waals surface area contributed by atoms with E-state index in [1.807, 2.05) is 13.8 Å². The molecule has 0 saturated heterocycles. The highest BCUT2D eigenvalue weighted by molar-refractivity contribution is 5.87. The van der Waals surface area contributed by atoms with Crippen molar-refractivity contribution in [3.8, 4) is 0 Å². The molecule has 2 heteroatoms. The summed E-state index contributed by atoms with van der Waals surface area (Å²) in [6.07, 6.45) is 3.33. The third-order valence-corrected chi connectivity index (χ3v) is 1.03. The normalized spacial score (nSPS) is 13.9. The Balaban J connectivity index is 3.55. The number of hydrogen-bond donors (Lipinski definition) is 0. The Bertz CT molecular complexity index is 127. The fraction of sp³-hybridized carbons (Fsp3) is 0.625. The second kappa shape index (κ2) is 5.18. The van der Waals surface area contributed by atoms with Crippen LogP contribution in [0.4, 0.5) is 0 Å². The summed E-state index contributed by atoms with van der Waals surface area (Å²) in [6, 6.07) is 0. The molecule has 0 aromatic heterocycles. The molecule has 0 aliphatic heterocycles. The minimum absolute atomic E-state index is 0.0499. The molecule has 0 aliphatic rings. The van der Waals surface area contributed by atoms with Crippen molar-refractivity contribution in [3.63, 3.8) is 0 Å². The van der Waals surface area contributed by atoms with Crippen molar-refractivity contribution in [1.29, 1.82) is 0 Å². The molecule has 58 valence electrons. The van der Waals surface area contributed by atoms with E-state index in [2.05, 4.69) is 0 Å². The third-order valence-electron chi connectivity index (χ3n) is 1.03. The van der Waals surface area contributed by atoms with Crippen molar-refractivity contribution < 1.29 is 9.53 Å². The fourth-order valence-corrected chi connectivity index (χ4v) is 0.589. The van der Waals surface area contributed by atoms with Crippen LogP contribution in [-0.2, 0) is 9.53 Å². The van der Waals surface area contributed by atoms with Crippen molar-refractivity contribution in [2.24, 2.45) is 0 Å². The Hall–Kier alpha value is -0.630. The van der Waals surface area contributed by atoms with E-state index in [-0.39, 0.29) is 11.9 Å². The van der Waals surface area contributed by atoms with Gasteiger partial charge in [0, 0.05) is 6.61 Å². The van der Waals surface area contributed by atoms with Crippen LogP contribution >= 0.6 is 0 Å². The van der Waals surface area contributed by atoms with E-state index >= 15 is 0 Å². The Morgan fingerprint density at radius 3 is 2.70 bits per heavy atom. The third kappa shape index (κ3) is 5.51. The lowest BCUT2D eigenvalue weighted by Crippen LogP contribution is -2.03. The number of hydrogen-bond acceptors (Lipinski definition) is 2. The standard InChI is InChI=1S/C8H14O2/c1-4-10-8(3)6-5-7(2)9/h5-6,8H,4H2,1-3H3/b6-5+. The van der Waals surface area contributed by atoms with E-state index in [9.17, 15) is 4.79 Å². The fourth-order valence-electron chi connectivity index (χ4n) is 0.589. The highest BCUT2D eigenvalue weighted by Crippen LogP contribution is 1.91. The van der Waals surface area contributed by atoms with Gasteiger partial charge in [0.1, 0.15) is 0 Å². The molecule has 1 atom stereocenters. The quantitative estimate of drug-likeness (QED) is 0.557. The van der Waals surface area contributed by atoms with Crippen molar-refractivity contribution in [2.75, 3.05) is 6.61 Å². The van der Waals surface area contributed by atoms with E-state index in [0.29, 0.717) is 6.61 Å². The summed E-state index contributed by atoms with van der Waals surface area (Å²) in [7, 11) is 0. The zero-order chi connectivity index (χ0) is 7.98. The average Bonchev–Trinajstić information content (AvgIpc) is 1.85. The van der Waals surface area contributed by atoms with Crippen LogP contribution in [-0.4, -0.2) is 18.5 Å². The first kappa shape index (κ1) is 9.37. The SMILES string of the molecule is CCOC(C)/C=C/C(C)=O. The van der Waals surface area contributed by atoms with Crippen LogP contribution in [0.5, 0.6) is 0 Å². The molecule has 0 heterocycles. The smallest absolute Gasteiger partial charge is 0.152 e. The van der Waals surface area contributed by atoms with Gasteiger partial charge in [-0.05, 0) is 26.8 Å².